The van der Waals surface area contributed by atoms with Gasteiger partial charge in [0.05, 0.1) is 0 Å². The van der Waals surface area contributed by atoms with Gasteiger partial charge in [-0.2, -0.15) is 0 Å². The first-order valence-corrected chi connectivity index (χ1v) is 27.5. The Hall–Kier alpha value is -0.790. The van der Waals surface area contributed by atoms with Crippen LogP contribution in [0.15, 0.2) is 11.6 Å². The third-order valence-electron chi connectivity index (χ3n) is 19.8. The molecule has 0 unspecified atom stereocenters. The van der Waals surface area contributed by atoms with Crippen LogP contribution in [0, 0.1) is 50.2 Å². The van der Waals surface area contributed by atoms with Gasteiger partial charge in [0.25, 0.3) is 0 Å². The number of hydrogen-bond donors (Lipinski definition) is 0. The minimum atomic E-state index is 0.0272. The van der Waals surface area contributed by atoms with E-state index in [1.54, 1.807) is 0 Å². The first-order chi connectivity index (χ1) is 28.6. The van der Waals surface area contributed by atoms with Crippen molar-refractivity contribution in [3.63, 3.8) is 0 Å². The van der Waals surface area contributed by atoms with Crippen LogP contribution in [0.2, 0.25) is 0 Å². The van der Waals surface area contributed by atoms with Gasteiger partial charge in [-0.05, 0) is 115 Å². The molecule has 0 heterocycles. The Morgan fingerprint density at radius 2 is 1.02 bits per heavy atom. The number of carbonyl (C=O) groups is 1. The Morgan fingerprint density at radius 1 is 0.550 bits per heavy atom. The minimum Gasteiger partial charge on any atom is -0.462 e. The number of allylic oxidation sites excluding steroid dienone is 2. The zero-order valence-corrected chi connectivity index (χ0v) is 42.2. The molecular formula is C58H104O2. The van der Waals surface area contributed by atoms with E-state index in [1.165, 1.54) is 212 Å². The minimum absolute atomic E-state index is 0.0272. The first kappa shape index (κ1) is 50.2. The summed E-state index contributed by atoms with van der Waals surface area (Å²) in [5.74, 6) is 2.18. The maximum Gasteiger partial charge on any atom is 0.306 e. The molecule has 0 radical (unpaired) electrons. The SMILES string of the molecule is CCCCCCCCCCCCCCCCCCCCCCCCCCCC(=O)O[C@H]1CC[C@]2(C)[C@H]3CC=C4[C@@H]5CC(C)(C)CC[C@]5(C)CC[C@@]4(C)[C@]3(C)CC[C@H]2C1(C)C. The summed E-state index contributed by atoms with van der Waals surface area (Å²) < 4.78 is 6.46. The van der Waals surface area contributed by atoms with E-state index in [2.05, 4.69) is 68.4 Å². The summed E-state index contributed by atoms with van der Waals surface area (Å²) in [6, 6.07) is 0. The molecule has 5 rings (SSSR count). The molecule has 5 aliphatic rings. The van der Waals surface area contributed by atoms with Crippen molar-refractivity contribution in [2.45, 2.75) is 300 Å². The predicted octanol–water partition coefficient (Wildman–Crippen LogP) is 18.9. The summed E-state index contributed by atoms with van der Waals surface area (Å²) in [6.07, 6.45) is 51.8. The summed E-state index contributed by atoms with van der Waals surface area (Å²) in [6.45, 7) is 23.1. The van der Waals surface area contributed by atoms with Crippen molar-refractivity contribution in [2.75, 3.05) is 0 Å². The lowest BCUT2D eigenvalue weighted by Crippen LogP contribution is -2.64. The van der Waals surface area contributed by atoms with Crippen LogP contribution in [-0.4, -0.2) is 12.1 Å². The van der Waals surface area contributed by atoms with Crippen molar-refractivity contribution in [2.24, 2.45) is 50.2 Å². The maximum absolute atomic E-state index is 13.3. The zero-order valence-electron chi connectivity index (χ0n) is 42.2. The van der Waals surface area contributed by atoms with Crippen LogP contribution in [0.25, 0.3) is 0 Å². The molecule has 8 atom stereocenters. The van der Waals surface area contributed by atoms with E-state index in [4.69, 9.17) is 4.74 Å². The monoisotopic (exact) mass is 833 g/mol. The van der Waals surface area contributed by atoms with Crippen molar-refractivity contribution in [1.82, 2.24) is 0 Å². The molecule has 0 aromatic rings. The average molecular weight is 833 g/mol. The van der Waals surface area contributed by atoms with Gasteiger partial charge in [0, 0.05) is 11.8 Å². The van der Waals surface area contributed by atoms with Crippen LogP contribution in [-0.2, 0) is 9.53 Å². The van der Waals surface area contributed by atoms with Crippen LogP contribution >= 0.6 is 0 Å². The Bertz CT molecular complexity index is 1310. The van der Waals surface area contributed by atoms with Crippen molar-refractivity contribution in [3.05, 3.63) is 11.6 Å². The van der Waals surface area contributed by atoms with Crippen LogP contribution in [0.5, 0.6) is 0 Å². The largest absolute Gasteiger partial charge is 0.462 e. The second kappa shape index (κ2) is 22.9. The molecule has 2 heteroatoms. The number of hydrogen-bond acceptors (Lipinski definition) is 2. The molecule has 0 spiro atoms. The zero-order chi connectivity index (χ0) is 43.3. The van der Waals surface area contributed by atoms with Crippen molar-refractivity contribution in [1.29, 1.82) is 0 Å². The van der Waals surface area contributed by atoms with Crippen LogP contribution in [0.1, 0.15) is 293 Å². The summed E-state index contributed by atoms with van der Waals surface area (Å²) in [7, 11) is 0. The molecule has 4 fully saturated rings. The van der Waals surface area contributed by atoms with Crippen LogP contribution < -0.4 is 0 Å². The number of unbranched alkanes of at least 4 members (excludes halogenated alkanes) is 24. The third-order valence-corrected chi connectivity index (χ3v) is 19.8. The van der Waals surface area contributed by atoms with Crippen molar-refractivity contribution in [3.8, 4) is 0 Å². The van der Waals surface area contributed by atoms with Crippen LogP contribution in [0.4, 0.5) is 0 Å². The van der Waals surface area contributed by atoms with Gasteiger partial charge >= 0.3 is 5.97 Å². The highest BCUT2D eigenvalue weighted by Gasteiger charge is 2.68. The first-order valence-electron chi connectivity index (χ1n) is 27.5. The van der Waals surface area contributed by atoms with E-state index in [0.717, 1.165) is 24.7 Å². The van der Waals surface area contributed by atoms with E-state index >= 15 is 0 Å². The molecule has 4 saturated carbocycles. The Balaban J connectivity index is 0.895. The average Bonchev–Trinajstić information content (AvgIpc) is 3.20. The topological polar surface area (TPSA) is 26.3 Å². The second-order valence-electron chi connectivity index (χ2n) is 24.9. The maximum atomic E-state index is 13.3. The van der Waals surface area contributed by atoms with Gasteiger partial charge in [0.15, 0.2) is 0 Å². The Morgan fingerprint density at radius 3 is 1.52 bits per heavy atom. The lowest BCUT2D eigenvalue weighted by Gasteiger charge is -2.71. The lowest BCUT2D eigenvalue weighted by molar-refractivity contribution is -0.212. The molecule has 0 amide bonds. The van der Waals surface area contributed by atoms with Crippen molar-refractivity contribution >= 4 is 5.97 Å². The fraction of sp³-hybridized carbons (Fsp3) is 0.948. The fourth-order valence-electron chi connectivity index (χ4n) is 15.3. The molecule has 60 heavy (non-hydrogen) atoms. The number of ether oxygens (including phenoxy) is 1. The number of esters is 1. The lowest BCUT2D eigenvalue weighted by atomic mass is 9.33. The van der Waals surface area contributed by atoms with E-state index in [-0.39, 0.29) is 17.5 Å². The number of fused-ring (bicyclic) bond motifs is 7. The standard InChI is InChI=1S/C58H104O2/c1-10-11-12-13-14-15-16-17-18-19-20-21-22-23-24-25-26-27-28-29-30-31-32-33-34-35-52(59)60-51-39-40-56(7)49(54(51,4)5)38-41-58(9)50(56)37-36-47-48-46-53(2,3)42-43-55(48,6)44-45-57(47,58)8/h36,48-51H,10-35,37-46H2,1-9H3/t48-,49-,50+,51-,55+,56-,57+,58+/m0/s1. The summed E-state index contributed by atoms with van der Waals surface area (Å²) in [5.41, 5.74) is 3.86. The van der Waals surface area contributed by atoms with E-state index in [1.807, 2.05) is 5.57 Å². The Kier molecular flexibility index (Phi) is 19.2. The predicted molar refractivity (Wildman–Crippen MR) is 260 cm³/mol. The number of rotatable bonds is 27. The molecule has 0 saturated heterocycles. The Labute approximate surface area is 375 Å². The highest BCUT2D eigenvalue weighted by molar-refractivity contribution is 5.69. The summed E-state index contributed by atoms with van der Waals surface area (Å²) >= 11 is 0. The second-order valence-corrected chi connectivity index (χ2v) is 24.9. The van der Waals surface area contributed by atoms with Gasteiger partial charge < -0.3 is 4.74 Å². The fourth-order valence-corrected chi connectivity index (χ4v) is 15.3. The van der Waals surface area contributed by atoms with Gasteiger partial charge in [-0.15, -0.1) is 0 Å². The third kappa shape index (κ3) is 12.3. The molecular weight excluding hydrogens is 729 g/mol. The molecule has 0 bridgehead atoms. The molecule has 0 aromatic carbocycles. The highest BCUT2D eigenvalue weighted by Crippen LogP contribution is 2.75. The van der Waals surface area contributed by atoms with Gasteiger partial charge in [-0.25, -0.2) is 0 Å². The quantitative estimate of drug-likeness (QED) is 0.0468. The molecule has 348 valence electrons. The molecule has 2 nitrogen and oxygen atoms in total. The highest BCUT2D eigenvalue weighted by atomic mass is 16.5. The molecule has 0 aromatic heterocycles. The molecule has 5 aliphatic carbocycles. The van der Waals surface area contributed by atoms with Gasteiger partial charge in [-0.3, -0.25) is 4.79 Å². The van der Waals surface area contributed by atoms with Gasteiger partial charge in [0.2, 0.25) is 0 Å². The summed E-state index contributed by atoms with van der Waals surface area (Å²) in [5, 5.41) is 0. The van der Waals surface area contributed by atoms with Crippen molar-refractivity contribution < 1.29 is 9.53 Å². The molecule has 0 aliphatic heterocycles. The van der Waals surface area contributed by atoms with Gasteiger partial charge in [0.1, 0.15) is 6.10 Å². The normalized spacial score (nSPS) is 34.2. The molecule has 0 N–H and O–H groups in total. The smallest absolute Gasteiger partial charge is 0.306 e. The van der Waals surface area contributed by atoms with E-state index < -0.39 is 0 Å². The summed E-state index contributed by atoms with van der Waals surface area (Å²) in [4.78, 5) is 13.3. The van der Waals surface area contributed by atoms with E-state index in [0.29, 0.717) is 39.4 Å². The number of carbonyl (C=O) groups excluding carboxylic acids is 1. The van der Waals surface area contributed by atoms with E-state index in [9.17, 15) is 4.79 Å². The van der Waals surface area contributed by atoms with Crippen LogP contribution in [0.3, 0.4) is 0 Å². The van der Waals surface area contributed by atoms with Gasteiger partial charge in [-0.1, -0.05) is 228 Å².